The van der Waals surface area contributed by atoms with Gasteiger partial charge in [-0.15, -0.1) is 0 Å². The van der Waals surface area contributed by atoms with E-state index in [0.29, 0.717) is 5.92 Å². The maximum Gasteiger partial charge on any atom is 0.0681 e. The fourth-order valence-electron chi connectivity index (χ4n) is 2.86. The third-order valence-corrected chi connectivity index (χ3v) is 3.58. The molecule has 58 valence electrons. The predicted molar refractivity (Wildman–Crippen MR) is 40.6 cm³/mol. The van der Waals surface area contributed by atoms with Crippen molar-refractivity contribution in [3.05, 3.63) is 0 Å². The van der Waals surface area contributed by atoms with Crippen LogP contribution in [0.2, 0.25) is 0 Å². The molecular weight excluding hydrogens is 124 g/mol. The molecule has 0 amide bonds. The van der Waals surface area contributed by atoms with Crippen LogP contribution in [-0.2, 0) is 0 Å². The van der Waals surface area contributed by atoms with Crippen LogP contribution < -0.4 is 0 Å². The van der Waals surface area contributed by atoms with Crippen molar-refractivity contribution in [2.75, 3.05) is 0 Å². The van der Waals surface area contributed by atoms with Crippen LogP contribution in [0.25, 0.3) is 0 Å². The zero-order chi connectivity index (χ0) is 7.35. The fourth-order valence-corrected chi connectivity index (χ4v) is 2.86. The molecule has 2 bridgehead atoms. The van der Waals surface area contributed by atoms with E-state index in [1.807, 2.05) is 0 Å². The van der Waals surface area contributed by atoms with Crippen LogP contribution in [0.3, 0.4) is 0 Å². The van der Waals surface area contributed by atoms with Gasteiger partial charge in [0.2, 0.25) is 0 Å². The maximum atomic E-state index is 9.88. The molecule has 0 aliphatic heterocycles. The lowest BCUT2D eigenvalue weighted by Crippen LogP contribution is -2.57. The van der Waals surface area contributed by atoms with Crippen molar-refractivity contribution < 1.29 is 5.11 Å². The van der Waals surface area contributed by atoms with E-state index < -0.39 is 0 Å². The molecule has 3 fully saturated rings. The molecule has 4 atom stereocenters. The molecule has 0 radical (unpaired) electrons. The van der Waals surface area contributed by atoms with Gasteiger partial charge in [0.05, 0.1) is 5.60 Å². The highest BCUT2D eigenvalue weighted by atomic mass is 16.3. The molecule has 3 aliphatic rings. The van der Waals surface area contributed by atoms with Gasteiger partial charge in [-0.3, -0.25) is 0 Å². The molecule has 0 aromatic heterocycles. The second kappa shape index (κ2) is 1.76. The number of fused-ring (bicyclic) bond motifs is 2. The van der Waals surface area contributed by atoms with E-state index in [2.05, 4.69) is 13.8 Å². The van der Waals surface area contributed by atoms with E-state index in [1.165, 1.54) is 6.42 Å². The third kappa shape index (κ3) is 0.672. The van der Waals surface area contributed by atoms with Crippen molar-refractivity contribution in [1.82, 2.24) is 0 Å². The van der Waals surface area contributed by atoms with Gasteiger partial charge in [0, 0.05) is 0 Å². The smallest absolute Gasteiger partial charge is 0.0681 e. The zero-order valence-electron chi connectivity index (χ0n) is 6.80. The zero-order valence-corrected chi connectivity index (χ0v) is 6.80. The van der Waals surface area contributed by atoms with Crippen LogP contribution in [0.5, 0.6) is 0 Å². The highest BCUT2D eigenvalue weighted by molar-refractivity contribution is 5.05. The number of aliphatic hydroxyl groups is 1. The lowest BCUT2D eigenvalue weighted by Gasteiger charge is -2.57. The van der Waals surface area contributed by atoms with E-state index in [9.17, 15) is 5.11 Å². The van der Waals surface area contributed by atoms with Crippen molar-refractivity contribution in [3.63, 3.8) is 0 Å². The summed E-state index contributed by atoms with van der Waals surface area (Å²) in [6.07, 6.45) is 3.48. The van der Waals surface area contributed by atoms with Crippen LogP contribution in [0.4, 0.5) is 0 Å². The summed E-state index contributed by atoms with van der Waals surface area (Å²) in [5, 5.41) is 9.88. The summed E-state index contributed by atoms with van der Waals surface area (Å²) in [6.45, 7) is 4.45. The van der Waals surface area contributed by atoms with Crippen molar-refractivity contribution >= 4 is 0 Å². The number of rotatable bonds is 0. The minimum Gasteiger partial charge on any atom is -0.390 e. The lowest BCUT2D eigenvalue weighted by atomic mass is 9.52. The van der Waals surface area contributed by atoms with Crippen LogP contribution >= 0.6 is 0 Å². The molecule has 1 heteroatoms. The monoisotopic (exact) mass is 140 g/mol. The molecule has 3 aliphatic carbocycles. The SMILES string of the molecule is CC1CC2CC(O)(C1)C2C. The average molecular weight is 140 g/mol. The second-order valence-electron chi connectivity index (χ2n) is 4.40. The lowest BCUT2D eigenvalue weighted by molar-refractivity contribution is -0.177. The first kappa shape index (κ1) is 6.66. The Morgan fingerprint density at radius 3 is 2.40 bits per heavy atom. The molecule has 1 N–H and O–H groups in total. The van der Waals surface area contributed by atoms with Crippen molar-refractivity contribution in [1.29, 1.82) is 0 Å². The minimum absolute atomic E-state index is 0.248. The molecule has 0 heterocycles. The van der Waals surface area contributed by atoms with Crippen LogP contribution in [-0.4, -0.2) is 10.7 Å². The van der Waals surface area contributed by atoms with Gasteiger partial charge in [-0.1, -0.05) is 13.8 Å². The molecule has 10 heavy (non-hydrogen) atoms. The van der Waals surface area contributed by atoms with E-state index >= 15 is 0 Å². The molecule has 0 saturated heterocycles. The Morgan fingerprint density at radius 1 is 1.30 bits per heavy atom. The third-order valence-electron chi connectivity index (χ3n) is 3.58. The molecule has 0 spiro atoms. The highest BCUT2D eigenvalue weighted by Gasteiger charge is 2.54. The first-order chi connectivity index (χ1) is 4.62. The van der Waals surface area contributed by atoms with Crippen molar-refractivity contribution in [2.45, 2.75) is 38.7 Å². The van der Waals surface area contributed by atoms with Gasteiger partial charge in [0.25, 0.3) is 0 Å². The molecule has 0 aromatic carbocycles. The quantitative estimate of drug-likeness (QED) is 0.544. The number of hydrogen-bond donors (Lipinski definition) is 1. The van der Waals surface area contributed by atoms with Crippen molar-refractivity contribution in [2.24, 2.45) is 17.8 Å². The maximum absolute atomic E-state index is 9.88. The Hall–Kier alpha value is -0.0400. The van der Waals surface area contributed by atoms with Gasteiger partial charge in [-0.05, 0) is 37.0 Å². The normalized spacial score (nSPS) is 59.7. The molecular formula is C9H16O. The summed E-state index contributed by atoms with van der Waals surface area (Å²) in [5.74, 6) is 2.19. The van der Waals surface area contributed by atoms with Gasteiger partial charge in [0.15, 0.2) is 0 Å². The summed E-state index contributed by atoms with van der Waals surface area (Å²) < 4.78 is 0. The van der Waals surface area contributed by atoms with E-state index in [0.717, 1.165) is 24.7 Å². The fraction of sp³-hybridized carbons (Fsp3) is 1.00. The summed E-state index contributed by atoms with van der Waals surface area (Å²) in [4.78, 5) is 0. The van der Waals surface area contributed by atoms with Gasteiger partial charge in [-0.25, -0.2) is 0 Å². The largest absolute Gasteiger partial charge is 0.390 e. The Bertz CT molecular complexity index is 153. The summed E-state index contributed by atoms with van der Waals surface area (Å²) in [6, 6.07) is 0. The molecule has 3 saturated carbocycles. The molecule has 4 unspecified atom stereocenters. The van der Waals surface area contributed by atoms with Crippen LogP contribution in [0.15, 0.2) is 0 Å². The summed E-state index contributed by atoms with van der Waals surface area (Å²) >= 11 is 0. The van der Waals surface area contributed by atoms with Crippen LogP contribution in [0, 0.1) is 17.8 Å². The topological polar surface area (TPSA) is 20.2 Å². The van der Waals surface area contributed by atoms with Gasteiger partial charge >= 0.3 is 0 Å². The second-order valence-corrected chi connectivity index (χ2v) is 4.40. The Morgan fingerprint density at radius 2 is 2.00 bits per heavy atom. The van der Waals surface area contributed by atoms with Crippen LogP contribution in [0.1, 0.15) is 33.1 Å². The minimum atomic E-state index is -0.248. The first-order valence-electron chi connectivity index (χ1n) is 4.34. The molecule has 3 rings (SSSR count). The summed E-state index contributed by atoms with van der Waals surface area (Å²) in [5.41, 5.74) is -0.248. The standard InChI is InChI=1S/C9H16O/c1-6-3-8-5-9(10,4-6)7(8)2/h6-8,10H,3-5H2,1-2H3. The Kier molecular flexibility index (Phi) is 1.17. The van der Waals surface area contributed by atoms with Gasteiger partial charge in [-0.2, -0.15) is 0 Å². The van der Waals surface area contributed by atoms with E-state index in [4.69, 9.17) is 0 Å². The predicted octanol–water partition coefficient (Wildman–Crippen LogP) is 1.80. The number of hydrogen-bond acceptors (Lipinski definition) is 1. The highest BCUT2D eigenvalue weighted by Crippen LogP contribution is 2.55. The van der Waals surface area contributed by atoms with Gasteiger partial charge in [0.1, 0.15) is 0 Å². The molecule has 1 nitrogen and oxygen atoms in total. The first-order valence-corrected chi connectivity index (χ1v) is 4.34. The Balaban J connectivity index is 2.12. The average Bonchev–Trinajstić information content (AvgIpc) is 1.85. The van der Waals surface area contributed by atoms with Crippen molar-refractivity contribution in [3.8, 4) is 0 Å². The Labute approximate surface area is 62.4 Å². The van der Waals surface area contributed by atoms with E-state index in [-0.39, 0.29) is 5.60 Å². The summed E-state index contributed by atoms with van der Waals surface area (Å²) in [7, 11) is 0. The molecule has 0 aromatic rings. The van der Waals surface area contributed by atoms with Gasteiger partial charge < -0.3 is 5.11 Å². The van der Waals surface area contributed by atoms with E-state index in [1.54, 1.807) is 0 Å².